The van der Waals surface area contributed by atoms with Crippen molar-refractivity contribution in [3.05, 3.63) is 121 Å². The van der Waals surface area contributed by atoms with Gasteiger partial charge in [0.15, 0.2) is 31.4 Å². The van der Waals surface area contributed by atoms with Crippen LogP contribution in [0.2, 0.25) is 0 Å². The first-order valence-corrected chi connectivity index (χ1v) is 13.4. The summed E-state index contributed by atoms with van der Waals surface area (Å²) in [5.41, 5.74) is -0.0217. The largest absolute Gasteiger partial charge is 0.743 e. The molecule has 10 heteroatoms. The van der Waals surface area contributed by atoms with Crippen LogP contribution < -0.4 is 0 Å². The minimum absolute atomic E-state index is 0.0217. The van der Waals surface area contributed by atoms with E-state index in [2.05, 4.69) is 53.3 Å². The van der Waals surface area contributed by atoms with Crippen LogP contribution in [-0.2, 0) is 25.7 Å². The Labute approximate surface area is 216 Å². The Morgan fingerprint density at radius 2 is 1.16 bits per heavy atom. The molecule has 0 bridgehead atoms. The van der Waals surface area contributed by atoms with Gasteiger partial charge in [-0.1, -0.05) is 54.6 Å². The molecular weight excluding hydrogens is 522 g/mol. The van der Waals surface area contributed by atoms with Crippen molar-refractivity contribution in [1.82, 2.24) is 0 Å². The van der Waals surface area contributed by atoms with Crippen LogP contribution in [0, 0.1) is 0 Å². The lowest BCUT2D eigenvalue weighted by Crippen LogP contribution is -2.34. The number of ether oxygens (including phenoxy) is 1. The van der Waals surface area contributed by atoms with Crippen LogP contribution in [0.3, 0.4) is 0 Å². The molecule has 0 aliphatic heterocycles. The van der Waals surface area contributed by atoms with E-state index in [1.807, 2.05) is 24.3 Å². The molecule has 37 heavy (non-hydrogen) atoms. The van der Waals surface area contributed by atoms with Crippen LogP contribution in [0.1, 0.15) is 10.4 Å². The van der Waals surface area contributed by atoms with E-state index in [-0.39, 0.29) is 16.5 Å². The van der Waals surface area contributed by atoms with E-state index in [9.17, 15) is 31.7 Å². The van der Waals surface area contributed by atoms with Crippen molar-refractivity contribution in [1.29, 1.82) is 0 Å². The highest BCUT2D eigenvalue weighted by atomic mass is 32.2. The zero-order valence-corrected chi connectivity index (χ0v) is 20.9. The maximum atomic E-state index is 12.6. The molecule has 0 radical (unpaired) electrons. The third-order valence-corrected chi connectivity index (χ3v) is 7.86. The Balaban J connectivity index is 0.000000209. The monoisotopic (exact) mass is 544 g/mol. The van der Waals surface area contributed by atoms with Crippen molar-refractivity contribution in [2.24, 2.45) is 0 Å². The van der Waals surface area contributed by atoms with Gasteiger partial charge in [-0.2, -0.15) is 8.78 Å². The van der Waals surface area contributed by atoms with Gasteiger partial charge in [0.25, 0.3) is 0 Å². The first kappa shape index (κ1) is 27.9. The predicted molar refractivity (Wildman–Crippen MR) is 135 cm³/mol. The highest BCUT2D eigenvalue weighted by Gasteiger charge is 2.39. The summed E-state index contributed by atoms with van der Waals surface area (Å²) in [6.07, 6.45) is 0. The Hall–Kier alpha value is -3.73. The molecule has 4 aromatic carbocycles. The van der Waals surface area contributed by atoms with Gasteiger partial charge in [0, 0.05) is 0 Å². The average Bonchev–Trinajstić information content (AvgIpc) is 2.90. The summed E-state index contributed by atoms with van der Waals surface area (Å²) in [5.74, 6) is -0.827. The van der Waals surface area contributed by atoms with Gasteiger partial charge in [0.05, 0.1) is 16.5 Å². The van der Waals surface area contributed by atoms with E-state index in [1.165, 1.54) is 39.0 Å². The van der Waals surface area contributed by atoms with Gasteiger partial charge in [-0.25, -0.2) is 13.2 Å². The van der Waals surface area contributed by atoms with Crippen molar-refractivity contribution in [3.8, 4) is 5.75 Å². The summed E-state index contributed by atoms with van der Waals surface area (Å²) in [6.45, 7) is -1.80. The van der Waals surface area contributed by atoms with Gasteiger partial charge in [-0.3, -0.25) is 0 Å². The minimum Gasteiger partial charge on any atom is -0.743 e. The number of carbonyl (C=O) groups excluding carboxylic acids is 1. The number of aromatic hydroxyl groups is 1. The number of hydrogen-bond donors (Lipinski definition) is 1. The van der Waals surface area contributed by atoms with Crippen LogP contribution in [0.25, 0.3) is 0 Å². The maximum Gasteiger partial charge on any atom is 0.367 e. The zero-order valence-electron chi connectivity index (χ0n) is 19.2. The smallest absolute Gasteiger partial charge is 0.367 e. The lowest BCUT2D eigenvalue weighted by Gasteiger charge is -2.19. The molecule has 1 N–H and O–H groups in total. The molecule has 0 amide bonds. The van der Waals surface area contributed by atoms with E-state index in [0.29, 0.717) is 5.75 Å². The molecule has 0 spiro atoms. The van der Waals surface area contributed by atoms with Crippen LogP contribution in [0.15, 0.2) is 130 Å². The van der Waals surface area contributed by atoms with Crippen LogP contribution in [0.5, 0.6) is 5.75 Å². The van der Waals surface area contributed by atoms with Gasteiger partial charge in [-0.05, 0) is 60.7 Å². The lowest BCUT2D eigenvalue weighted by molar-refractivity contribution is -0.00996. The number of carbonyl (C=O) groups is 1. The predicted octanol–water partition coefficient (Wildman–Crippen LogP) is 5.47. The number of rotatable bonds is 7. The Bertz CT molecular complexity index is 1340. The first-order valence-electron chi connectivity index (χ1n) is 10.8. The summed E-state index contributed by atoms with van der Waals surface area (Å²) in [6, 6.07) is 35.6. The fourth-order valence-electron chi connectivity index (χ4n) is 2.98. The van der Waals surface area contributed by atoms with Gasteiger partial charge >= 0.3 is 11.2 Å². The fourth-order valence-corrected chi connectivity index (χ4v) is 5.27. The standard InChI is InChI=1S/C18H14OS.C9H8F2O5S/c19-15-11-13-18(14-12-15)20(16-7-3-1-4-8-16)17-9-5-2-6-10-17;10-9(11,17(13,14)15)6-16-8(12)7-4-2-1-3-5-7/h1-14H;1-5H,6H2,(H,13,14,15). The summed E-state index contributed by atoms with van der Waals surface area (Å²) < 4.78 is 59.6. The third kappa shape index (κ3) is 7.88. The van der Waals surface area contributed by atoms with Crippen LogP contribution in [0.4, 0.5) is 8.78 Å². The summed E-state index contributed by atoms with van der Waals surface area (Å²) in [7, 11) is -5.97. The average molecular weight is 545 g/mol. The molecular formula is C27H22F2O6S2. The highest BCUT2D eigenvalue weighted by Crippen LogP contribution is 2.31. The zero-order chi connectivity index (χ0) is 26.9. The molecule has 0 heterocycles. The Morgan fingerprint density at radius 3 is 1.59 bits per heavy atom. The SMILES string of the molecule is O=C(OCC(F)(F)S(=O)(=O)[O-])c1ccccc1.Oc1ccc([S+](c2ccccc2)c2ccccc2)cc1. The molecule has 0 aliphatic rings. The molecule has 0 atom stereocenters. The quantitative estimate of drug-likeness (QED) is 0.188. The van der Waals surface area contributed by atoms with Gasteiger partial charge in [-0.15, -0.1) is 0 Å². The van der Waals surface area contributed by atoms with E-state index < -0.39 is 27.9 Å². The number of phenolic OH excluding ortho intramolecular Hbond substituents is 1. The van der Waals surface area contributed by atoms with Crippen LogP contribution in [-0.4, -0.2) is 35.9 Å². The fraction of sp³-hybridized carbons (Fsp3) is 0.0741. The second-order valence-electron chi connectivity index (χ2n) is 7.46. The highest BCUT2D eigenvalue weighted by molar-refractivity contribution is 7.97. The number of benzene rings is 4. The molecule has 4 aromatic rings. The lowest BCUT2D eigenvalue weighted by atomic mass is 10.2. The van der Waals surface area contributed by atoms with E-state index in [1.54, 1.807) is 18.2 Å². The minimum atomic E-state index is -5.84. The van der Waals surface area contributed by atoms with Gasteiger partial charge in [0.1, 0.15) is 5.75 Å². The van der Waals surface area contributed by atoms with Crippen molar-refractivity contribution >= 4 is 27.0 Å². The second-order valence-corrected chi connectivity index (χ2v) is 11.0. The molecule has 192 valence electrons. The molecule has 0 unspecified atom stereocenters. The van der Waals surface area contributed by atoms with E-state index in [4.69, 9.17) is 0 Å². The molecule has 0 aromatic heterocycles. The van der Waals surface area contributed by atoms with Gasteiger partial charge < -0.3 is 14.4 Å². The normalized spacial score (nSPS) is 11.4. The molecule has 4 rings (SSSR count). The van der Waals surface area contributed by atoms with E-state index >= 15 is 0 Å². The summed E-state index contributed by atoms with van der Waals surface area (Å²) in [5, 5.41) is 4.86. The number of halogens is 2. The Kier molecular flexibility index (Phi) is 9.40. The number of phenols is 1. The molecule has 0 fully saturated rings. The second kappa shape index (κ2) is 12.5. The van der Waals surface area contributed by atoms with E-state index in [0.717, 1.165) is 0 Å². The molecule has 6 nitrogen and oxygen atoms in total. The van der Waals surface area contributed by atoms with Crippen LogP contribution >= 0.6 is 0 Å². The number of esters is 1. The molecule has 0 saturated heterocycles. The van der Waals surface area contributed by atoms with Crippen molar-refractivity contribution in [3.63, 3.8) is 0 Å². The summed E-state index contributed by atoms with van der Waals surface area (Å²) in [4.78, 5) is 14.9. The first-order chi connectivity index (χ1) is 17.6. The molecule has 0 aliphatic carbocycles. The van der Waals surface area contributed by atoms with Gasteiger partial charge in [0.2, 0.25) is 0 Å². The topological polar surface area (TPSA) is 104 Å². The third-order valence-electron chi connectivity index (χ3n) is 4.78. The number of hydrogen-bond acceptors (Lipinski definition) is 6. The maximum absolute atomic E-state index is 12.6. The molecule has 0 saturated carbocycles. The Morgan fingerprint density at radius 1 is 0.757 bits per heavy atom. The van der Waals surface area contributed by atoms with Crippen molar-refractivity contribution < 1.29 is 36.4 Å². The van der Waals surface area contributed by atoms with Crippen molar-refractivity contribution in [2.45, 2.75) is 19.9 Å². The summed E-state index contributed by atoms with van der Waals surface area (Å²) >= 11 is 0. The number of alkyl halides is 2. The van der Waals surface area contributed by atoms with Crippen molar-refractivity contribution in [2.75, 3.05) is 6.61 Å².